The fraction of sp³-hybridized carbons (Fsp3) is 0.455. The third-order valence-corrected chi connectivity index (χ3v) is 4.57. The molecular weight excluding hydrogens is 322 g/mol. The van der Waals surface area contributed by atoms with Gasteiger partial charge in [-0.3, -0.25) is 9.11 Å². The van der Waals surface area contributed by atoms with Crippen LogP contribution in [0.15, 0.2) is 28.0 Å². The summed E-state index contributed by atoms with van der Waals surface area (Å²) in [7, 11) is -9.50. The van der Waals surface area contributed by atoms with Crippen molar-refractivity contribution in [3.63, 3.8) is 0 Å². The zero-order valence-electron chi connectivity index (χ0n) is 11.6. The molecule has 10 heteroatoms. The van der Waals surface area contributed by atoms with E-state index in [1.807, 2.05) is 0 Å². The number of hydroxylamine groups is 2. The highest BCUT2D eigenvalue weighted by Gasteiger charge is 2.26. The van der Waals surface area contributed by atoms with Crippen LogP contribution in [0.25, 0.3) is 0 Å². The van der Waals surface area contributed by atoms with E-state index in [1.54, 1.807) is 20.8 Å². The second kappa shape index (κ2) is 5.63. The zero-order chi connectivity index (χ0) is 16.6. The molecule has 0 aliphatic carbocycles. The molecule has 21 heavy (non-hydrogen) atoms. The van der Waals surface area contributed by atoms with Crippen LogP contribution in [0.4, 0.5) is 0 Å². The van der Waals surface area contributed by atoms with Gasteiger partial charge in [0.15, 0.2) is 0 Å². The predicted octanol–water partition coefficient (Wildman–Crippen LogP) is 1.28. The molecule has 0 saturated carbocycles. The number of hydrogen-bond donors (Lipinski definition) is 2. The lowest BCUT2D eigenvalue weighted by Crippen LogP contribution is -2.36. The van der Waals surface area contributed by atoms with Crippen LogP contribution in [-0.4, -0.2) is 36.5 Å². The van der Waals surface area contributed by atoms with E-state index < -0.39 is 47.7 Å². The van der Waals surface area contributed by atoms with E-state index >= 15 is 0 Å². The molecule has 8 nitrogen and oxygen atoms in total. The van der Waals surface area contributed by atoms with Crippen molar-refractivity contribution in [2.75, 3.05) is 0 Å². The minimum absolute atomic E-state index is 0.450. The van der Waals surface area contributed by atoms with Crippen molar-refractivity contribution in [3.05, 3.63) is 29.0 Å². The zero-order valence-corrected chi connectivity index (χ0v) is 13.3. The van der Waals surface area contributed by atoms with E-state index in [4.69, 9.17) is 9.11 Å². The van der Waals surface area contributed by atoms with Gasteiger partial charge in [-0.25, -0.2) is 0 Å². The Morgan fingerprint density at radius 3 is 1.71 bits per heavy atom. The molecule has 120 valence electrons. The maximum atomic E-state index is 12.0. The normalized spacial score (nSPS) is 13.7. The van der Waals surface area contributed by atoms with Gasteiger partial charge in [0, 0.05) is 17.6 Å². The smallest absolute Gasteiger partial charge is 0.294 e. The summed E-state index contributed by atoms with van der Waals surface area (Å²) < 4.78 is 63.6. The van der Waals surface area contributed by atoms with Gasteiger partial charge in [-0.15, -0.1) is 0 Å². The maximum absolute atomic E-state index is 12.0. The quantitative estimate of drug-likeness (QED) is 0.619. The molecule has 0 bridgehead atoms. The minimum Gasteiger partial charge on any atom is -0.785 e. The van der Waals surface area contributed by atoms with E-state index in [1.165, 1.54) is 0 Å². The molecule has 0 aromatic heterocycles. The summed E-state index contributed by atoms with van der Waals surface area (Å²) in [5, 5.41) is 12.4. The van der Waals surface area contributed by atoms with E-state index in [9.17, 15) is 22.0 Å². The van der Waals surface area contributed by atoms with Crippen molar-refractivity contribution in [2.45, 2.75) is 42.6 Å². The molecule has 0 atom stereocenters. The monoisotopic (exact) mass is 338 g/mol. The number of rotatable bonds is 4. The molecule has 0 saturated heterocycles. The van der Waals surface area contributed by atoms with Gasteiger partial charge in [0.1, 0.15) is 0 Å². The lowest BCUT2D eigenvalue weighted by molar-refractivity contribution is 0.195. The highest BCUT2D eigenvalue weighted by molar-refractivity contribution is 7.86. The minimum atomic E-state index is -4.75. The molecule has 0 aliphatic rings. The van der Waals surface area contributed by atoms with Crippen LogP contribution in [0, 0.1) is 5.21 Å². The first-order valence-electron chi connectivity index (χ1n) is 5.76. The van der Waals surface area contributed by atoms with Crippen LogP contribution in [0.2, 0.25) is 0 Å². The van der Waals surface area contributed by atoms with Crippen molar-refractivity contribution in [2.24, 2.45) is 0 Å². The Kier molecular flexibility index (Phi) is 4.83. The molecule has 1 aromatic carbocycles. The molecule has 2 N–H and O–H groups in total. The molecular formula is C11H16NO7S2-. The van der Waals surface area contributed by atoms with Gasteiger partial charge >= 0.3 is 0 Å². The van der Waals surface area contributed by atoms with Crippen molar-refractivity contribution in [1.29, 1.82) is 0 Å². The topological polar surface area (TPSA) is 135 Å². The molecule has 1 aromatic rings. The molecule has 0 spiro atoms. The van der Waals surface area contributed by atoms with Gasteiger partial charge in [-0.05, 0) is 32.9 Å². The van der Waals surface area contributed by atoms with Gasteiger partial charge in [0.2, 0.25) is 0 Å². The summed E-state index contributed by atoms with van der Waals surface area (Å²) in [6, 6.07) is 2.95. The Bertz CT molecular complexity index is 682. The van der Waals surface area contributed by atoms with Crippen LogP contribution >= 0.6 is 0 Å². The Morgan fingerprint density at radius 2 is 1.43 bits per heavy atom. The molecule has 0 aliphatic heterocycles. The summed E-state index contributed by atoms with van der Waals surface area (Å²) >= 11 is 0. The van der Waals surface area contributed by atoms with Crippen LogP contribution in [-0.2, 0) is 26.8 Å². The Labute approximate surface area is 123 Å². The van der Waals surface area contributed by atoms with Gasteiger partial charge < -0.3 is 10.3 Å². The van der Waals surface area contributed by atoms with E-state index in [2.05, 4.69) is 0 Å². The first kappa shape index (κ1) is 18.0. The molecule has 0 amide bonds. The van der Waals surface area contributed by atoms with Crippen molar-refractivity contribution < 1.29 is 25.9 Å². The number of benzene rings is 1. The largest absolute Gasteiger partial charge is 0.785 e. The molecule has 0 fully saturated rings. The first-order chi connectivity index (χ1) is 9.24. The summed E-state index contributed by atoms with van der Waals surface area (Å²) in [4.78, 5) is -1.47. The fourth-order valence-electron chi connectivity index (χ4n) is 1.57. The highest BCUT2D eigenvalue weighted by Crippen LogP contribution is 2.27. The molecule has 0 heterocycles. The lowest BCUT2D eigenvalue weighted by atomic mass is 10.1. The van der Waals surface area contributed by atoms with Gasteiger partial charge in [-0.1, -0.05) is 6.07 Å². The first-order valence-corrected chi connectivity index (χ1v) is 8.64. The van der Waals surface area contributed by atoms with E-state index in [0.29, 0.717) is 5.06 Å². The maximum Gasteiger partial charge on any atom is 0.294 e. The SMILES string of the molecule is CC(C)(C)N([O-])Cc1c(S(=O)(=O)O)cccc1S(=O)(=O)O. The predicted molar refractivity (Wildman–Crippen MR) is 74.7 cm³/mol. The van der Waals surface area contributed by atoms with E-state index in [0.717, 1.165) is 18.2 Å². The summed E-state index contributed by atoms with van der Waals surface area (Å²) in [5.41, 5.74) is -1.41. The Balaban J connectivity index is 3.59. The van der Waals surface area contributed by atoms with Crippen molar-refractivity contribution in [3.8, 4) is 0 Å². The van der Waals surface area contributed by atoms with Crippen LogP contribution in [0.1, 0.15) is 26.3 Å². The average Bonchev–Trinajstić information content (AvgIpc) is 2.24. The lowest BCUT2D eigenvalue weighted by Gasteiger charge is -2.41. The highest BCUT2D eigenvalue weighted by atomic mass is 32.2. The van der Waals surface area contributed by atoms with Crippen LogP contribution in [0.5, 0.6) is 0 Å². The second-order valence-corrected chi connectivity index (χ2v) is 8.17. The standard InChI is InChI=1S/C11H16NO7S2/c1-11(2,3)12(13)7-8-9(20(14,15)16)5-4-6-10(8)21(17,18)19/h4-6H,7H2,1-3H3,(H,14,15,16)(H,17,18,19)/q-1. The second-order valence-electron chi connectivity index (χ2n) is 5.39. The summed E-state index contributed by atoms with van der Waals surface area (Å²) in [5.74, 6) is 0. The molecule has 0 radical (unpaired) electrons. The Hall–Kier alpha value is -1.04. The van der Waals surface area contributed by atoms with Crippen LogP contribution in [0.3, 0.4) is 0 Å². The molecule has 1 rings (SSSR count). The van der Waals surface area contributed by atoms with Crippen LogP contribution < -0.4 is 0 Å². The molecule has 0 unspecified atom stereocenters. The number of nitrogens with zero attached hydrogens (tertiary/aromatic N) is 1. The summed E-state index contributed by atoms with van der Waals surface area (Å²) in [6.45, 7) is 4.00. The Morgan fingerprint density at radius 1 is 1.05 bits per heavy atom. The summed E-state index contributed by atoms with van der Waals surface area (Å²) in [6.07, 6.45) is 0. The third kappa shape index (κ3) is 4.46. The van der Waals surface area contributed by atoms with Gasteiger partial charge in [-0.2, -0.15) is 16.8 Å². The van der Waals surface area contributed by atoms with Crippen molar-refractivity contribution >= 4 is 20.2 Å². The number of hydrogen-bond acceptors (Lipinski definition) is 6. The average molecular weight is 338 g/mol. The van der Waals surface area contributed by atoms with E-state index in [-0.39, 0.29) is 0 Å². The third-order valence-electron chi connectivity index (χ3n) is 2.70. The fourth-order valence-corrected chi connectivity index (χ4v) is 3.10. The van der Waals surface area contributed by atoms with Gasteiger partial charge in [0.05, 0.1) is 9.79 Å². The van der Waals surface area contributed by atoms with Crippen molar-refractivity contribution in [1.82, 2.24) is 5.06 Å². The van der Waals surface area contributed by atoms with Gasteiger partial charge in [0.25, 0.3) is 20.2 Å².